The second-order valence-electron chi connectivity index (χ2n) is 3.91. The van der Waals surface area contributed by atoms with Gasteiger partial charge in [-0.05, 0) is 18.6 Å². The molecule has 0 saturated heterocycles. The Labute approximate surface area is 95.1 Å². The van der Waals surface area contributed by atoms with Gasteiger partial charge in [-0.15, -0.1) is 11.8 Å². The van der Waals surface area contributed by atoms with Crippen LogP contribution in [0.25, 0.3) is 0 Å². The van der Waals surface area contributed by atoms with E-state index in [1.807, 2.05) is 12.1 Å². The molecule has 0 unspecified atom stereocenters. The Morgan fingerprint density at radius 2 is 2.27 bits per heavy atom. The quantitative estimate of drug-likeness (QED) is 0.808. The molecule has 0 aromatic heterocycles. The molecule has 15 heavy (non-hydrogen) atoms. The van der Waals surface area contributed by atoms with Gasteiger partial charge in [0.2, 0.25) is 0 Å². The molecule has 0 amide bonds. The van der Waals surface area contributed by atoms with Gasteiger partial charge in [0.25, 0.3) is 0 Å². The van der Waals surface area contributed by atoms with Crippen molar-refractivity contribution in [1.82, 2.24) is 0 Å². The Morgan fingerprint density at radius 3 is 3.07 bits per heavy atom. The van der Waals surface area contributed by atoms with Crippen molar-refractivity contribution >= 4 is 17.4 Å². The van der Waals surface area contributed by atoms with Crippen LogP contribution < -0.4 is 5.32 Å². The van der Waals surface area contributed by atoms with E-state index in [0.717, 1.165) is 24.3 Å². The van der Waals surface area contributed by atoms with Crippen LogP contribution in [-0.4, -0.2) is 23.0 Å². The smallest absolute Gasteiger partial charge is 0.0834 e. The zero-order valence-electron chi connectivity index (χ0n) is 8.94. The number of nitrogens with one attached hydrogen (secondary N) is 1. The molecule has 1 aromatic rings. The fraction of sp³-hybridized carbons (Fsp3) is 0.500. The number of thioether (sulfide) groups is 1. The molecule has 0 radical (unpaired) electrons. The van der Waals surface area contributed by atoms with Crippen molar-refractivity contribution in [2.75, 3.05) is 11.1 Å². The highest BCUT2D eigenvalue weighted by atomic mass is 32.2. The lowest BCUT2D eigenvalue weighted by atomic mass is 10.1. The maximum absolute atomic E-state index is 9.97. The van der Waals surface area contributed by atoms with Crippen molar-refractivity contribution in [1.29, 1.82) is 0 Å². The summed E-state index contributed by atoms with van der Waals surface area (Å²) in [7, 11) is 0. The standard InChI is InChI=1S/C12H17NOS/c1-2-5-9-11(14)8-15-12-7-4-3-6-10(12)13-9/h3-4,6-7,9,11,13-14H,2,5,8H2,1H3/t9-,11-/m0/s1. The zero-order valence-corrected chi connectivity index (χ0v) is 9.76. The van der Waals surface area contributed by atoms with E-state index in [-0.39, 0.29) is 12.1 Å². The Bertz CT molecular complexity index is 329. The van der Waals surface area contributed by atoms with Gasteiger partial charge < -0.3 is 10.4 Å². The fourth-order valence-electron chi connectivity index (χ4n) is 1.87. The normalized spacial score (nSPS) is 25.2. The van der Waals surface area contributed by atoms with Crippen LogP contribution in [0.5, 0.6) is 0 Å². The largest absolute Gasteiger partial charge is 0.390 e. The maximum atomic E-state index is 9.97. The number of benzene rings is 1. The summed E-state index contributed by atoms with van der Waals surface area (Å²) in [6.07, 6.45) is 1.87. The van der Waals surface area contributed by atoms with Crippen LogP contribution in [0.1, 0.15) is 19.8 Å². The summed E-state index contributed by atoms with van der Waals surface area (Å²) in [6, 6.07) is 8.47. The summed E-state index contributed by atoms with van der Waals surface area (Å²) in [5.74, 6) is 0.786. The first-order valence-corrected chi connectivity index (χ1v) is 6.46. The Balaban J connectivity index is 2.19. The topological polar surface area (TPSA) is 32.3 Å². The van der Waals surface area contributed by atoms with Crippen molar-refractivity contribution in [3.8, 4) is 0 Å². The van der Waals surface area contributed by atoms with E-state index in [0.29, 0.717) is 0 Å². The third-order valence-corrected chi connectivity index (χ3v) is 3.88. The Morgan fingerprint density at radius 1 is 1.47 bits per heavy atom. The summed E-state index contributed by atoms with van der Waals surface area (Å²) < 4.78 is 0. The molecule has 2 atom stereocenters. The molecule has 1 heterocycles. The molecule has 2 rings (SSSR count). The van der Waals surface area contributed by atoms with Gasteiger partial charge in [-0.25, -0.2) is 0 Å². The van der Waals surface area contributed by atoms with Gasteiger partial charge in [-0.1, -0.05) is 25.5 Å². The number of fused-ring (bicyclic) bond motifs is 1. The minimum Gasteiger partial charge on any atom is -0.390 e. The predicted octanol–water partition coefficient (Wildman–Crippen LogP) is 2.73. The van der Waals surface area contributed by atoms with Crippen LogP contribution in [0, 0.1) is 0 Å². The molecule has 82 valence electrons. The SMILES string of the molecule is CCC[C@@H]1Nc2ccccc2SC[C@@H]1O. The van der Waals surface area contributed by atoms with Gasteiger partial charge in [0, 0.05) is 16.3 Å². The van der Waals surface area contributed by atoms with Crippen LogP contribution in [0.15, 0.2) is 29.2 Å². The van der Waals surface area contributed by atoms with E-state index in [1.54, 1.807) is 11.8 Å². The summed E-state index contributed by atoms with van der Waals surface area (Å²) >= 11 is 1.73. The van der Waals surface area contributed by atoms with E-state index in [2.05, 4.69) is 24.4 Å². The number of rotatable bonds is 2. The zero-order chi connectivity index (χ0) is 10.7. The third-order valence-electron chi connectivity index (χ3n) is 2.70. The summed E-state index contributed by atoms with van der Waals surface area (Å²) in [4.78, 5) is 1.25. The molecule has 0 fully saturated rings. The fourth-order valence-corrected chi connectivity index (χ4v) is 2.91. The minimum atomic E-state index is -0.248. The summed E-state index contributed by atoms with van der Waals surface area (Å²) in [5.41, 5.74) is 1.16. The average molecular weight is 223 g/mol. The van der Waals surface area contributed by atoms with Crippen molar-refractivity contribution in [3.63, 3.8) is 0 Å². The highest BCUT2D eigenvalue weighted by Crippen LogP contribution is 2.32. The monoisotopic (exact) mass is 223 g/mol. The minimum absolute atomic E-state index is 0.200. The second-order valence-corrected chi connectivity index (χ2v) is 4.98. The molecular formula is C12H17NOS. The molecule has 3 heteroatoms. The van der Waals surface area contributed by atoms with Gasteiger partial charge in [0.05, 0.1) is 12.1 Å². The van der Waals surface area contributed by atoms with Gasteiger partial charge in [-0.3, -0.25) is 0 Å². The molecule has 2 N–H and O–H groups in total. The second kappa shape index (κ2) is 4.90. The highest BCUT2D eigenvalue weighted by molar-refractivity contribution is 7.99. The van der Waals surface area contributed by atoms with Gasteiger partial charge in [-0.2, -0.15) is 0 Å². The van der Waals surface area contributed by atoms with E-state index in [4.69, 9.17) is 0 Å². The van der Waals surface area contributed by atoms with Crippen LogP contribution in [0.4, 0.5) is 5.69 Å². The highest BCUT2D eigenvalue weighted by Gasteiger charge is 2.22. The van der Waals surface area contributed by atoms with Crippen LogP contribution in [-0.2, 0) is 0 Å². The molecule has 0 saturated carbocycles. The third kappa shape index (κ3) is 2.47. The lowest BCUT2D eigenvalue weighted by Crippen LogP contribution is -2.33. The first kappa shape index (κ1) is 10.8. The van der Waals surface area contributed by atoms with E-state index in [9.17, 15) is 5.11 Å². The van der Waals surface area contributed by atoms with E-state index >= 15 is 0 Å². The van der Waals surface area contributed by atoms with Crippen molar-refractivity contribution in [2.45, 2.75) is 36.8 Å². The molecule has 1 aliphatic heterocycles. The maximum Gasteiger partial charge on any atom is 0.0834 e. The predicted molar refractivity (Wildman–Crippen MR) is 65.5 cm³/mol. The van der Waals surface area contributed by atoms with E-state index < -0.39 is 0 Å². The molecule has 0 spiro atoms. The van der Waals surface area contributed by atoms with Gasteiger partial charge >= 0.3 is 0 Å². The van der Waals surface area contributed by atoms with Crippen molar-refractivity contribution < 1.29 is 5.11 Å². The lowest BCUT2D eigenvalue weighted by Gasteiger charge is -2.21. The molecule has 0 aliphatic carbocycles. The number of aliphatic hydroxyl groups is 1. The molecular weight excluding hydrogens is 206 g/mol. The summed E-state index contributed by atoms with van der Waals surface area (Å²) in [6.45, 7) is 2.15. The van der Waals surface area contributed by atoms with Crippen molar-refractivity contribution in [2.24, 2.45) is 0 Å². The first-order valence-electron chi connectivity index (χ1n) is 5.47. The molecule has 2 nitrogen and oxygen atoms in total. The Kier molecular flexibility index (Phi) is 3.54. The molecule has 1 aromatic carbocycles. The van der Waals surface area contributed by atoms with Gasteiger partial charge in [0.15, 0.2) is 0 Å². The number of anilines is 1. The van der Waals surface area contributed by atoms with Gasteiger partial charge in [0.1, 0.15) is 0 Å². The number of hydrogen-bond donors (Lipinski definition) is 2. The number of hydrogen-bond acceptors (Lipinski definition) is 3. The average Bonchev–Trinajstić information content (AvgIpc) is 2.41. The van der Waals surface area contributed by atoms with Crippen molar-refractivity contribution in [3.05, 3.63) is 24.3 Å². The lowest BCUT2D eigenvalue weighted by molar-refractivity contribution is 0.172. The summed E-state index contributed by atoms with van der Waals surface area (Å²) in [5, 5.41) is 13.4. The number of para-hydroxylation sites is 1. The van der Waals surface area contributed by atoms with E-state index in [1.165, 1.54) is 4.90 Å². The molecule has 1 aliphatic rings. The Hall–Kier alpha value is -0.670. The van der Waals surface area contributed by atoms with Crippen LogP contribution in [0.3, 0.4) is 0 Å². The number of aliphatic hydroxyl groups excluding tert-OH is 1. The first-order chi connectivity index (χ1) is 7.31. The van der Waals surface area contributed by atoms with Crippen LogP contribution >= 0.6 is 11.8 Å². The van der Waals surface area contributed by atoms with Crippen LogP contribution in [0.2, 0.25) is 0 Å². The molecule has 0 bridgehead atoms.